The van der Waals surface area contributed by atoms with Crippen molar-refractivity contribution in [2.75, 3.05) is 13.2 Å². The number of ether oxygens (including phenoxy) is 1. The normalized spacial score (nSPS) is 19.8. The third kappa shape index (κ3) is 3.79. The van der Waals surface area contributed by atoms with E-state index >= 15 is 0 Å². The first-order valence-corrected chi connectivity index (χ1v) is 6.40. The van der Waals surface area contributed by atoms with Crippen LogP contribution in [0.25, 0.3) is 0 Å². The summed E-state index contributed by atoms with van der Waals surface area (Å²) in [6.07, 6.45) is 1.14. The van der Waals surface area contributed by atoms with Crippen LogP contribution in [0.3, 0.4) is 0 Å². The second-order valence-electron chi connectivity index (χ2n) is 4.69. The molecule has 2 rings (SSSR count). The van der Waals surface area contributed by atoms with E-state index in [0.717, 1.165) is 6.42 Å². The molecule has 3 N–H and O–H groups in total. The van der Waals surface area contributed by atoms with Gasteiger partial charge in [-0.05, 0) is 25.0 Å². The minimum absolute atomic E-state index is 0.00720. The molecule has 1 amide bonds. The van der Waals surface area contributed by atoms with E-state index in [0.29, 0.717) is 18.7 Å². The molecule has 1 aliphatic heterocycles. The fourth-order valence-corrected chi connectivity index (χ4v) is 2.09. The Kier molecular flexibility index (Phi) is 4.52. The lowest BCUT2D eigenvalue weighted by Gasteiger charge is -2.14. The third-order valence-corrected chi connectivity index (χ3v) is 3.24. The van der Waals surface area contributed by atoms with Gasteiger partial charge in [-0.3, -0.25) is 9.59 Å². The summed E-state index contributed by atoms with van der Waals surface area (Å²) in [7, 11) is 0. The Hall–Kier alpha value is -1.88. The van der Waals surface area contributed by atoms with Gasteiger partial charge in [-0.1, -0.05) is 18.2 Å². The van der Waals surface area contributed by atoms with Crippen LogP contribution in [0.2, 0.25) is 0 Å². The summed E-state index contributed by atoms with van der Waals surface area (Å²) in [5.41, 5.74) is 5.81. The molecular formula is C14H18N2O3. The molecule has 1 aromatic rings. The summed E-state index contributed by atoms with van der Waals surface area (Å²) in [5.74, 6) is 0.313. The van der Waals surface area contributed by atoms with Gasteiger partial charge in [0, 0.05) is 12.5 Å². The van der Waals surface area contributed by atoms with Crippen molar-refractivity contribution in [1.29, 1.82) is 0 Å². The van der Waals surface area contributed by atoms with E-state index in [1.165, 1.54) is 0 Å². The minimum atomic E-state index is -0.641. The Labute approximate surface area is 112 Å². The molecule has 0 radical (unpaired) electrons. The predicted molar refractivity (Wildman–Crippen MR) is 70.7 cm³/mol. The van der Waals surface area contributed by atoms with Gasteiger partial charge >= 0.3 is 0 Å². The standard InChI is InChI=1S/C14H18N2O3/c15-12(8-10-6-7-16-14(10)18)13(17)9-19-11-4-2-1-3-5-11/h1-5,10,12H,6-9,15H2,(H,16,18)/t10-,12-/m0/s1. The number of nitrogens with one attached hydrogen (secondary N) is 1. The maximum Gasteiger partial charge on any atom is 0.223 e. The van der Waals surface area contributed by atoms with E-state index < -0.39 is 6.04 Å². The molecule has 1 saturated heterocycles. The van der Waals surface area contributed by atoms with Crippen molar-refractivity contribution in [3.63, 3.8) is 0 Å². The average Bonchev–Trinajstić information content (AvgIpc) is 2.82. The molecule has 0 aromatic heterocycles. The SMILES string of the molecule is N[C@@H](C[C@@H]1CCNC1=O)C(=O)COc1ccccc1. The first-order valence-electron chi connectivity index (χ1n) is 6.40. The fourth-order valence-electron chi connectivity index (χ4n) is 2.09. The van der Waals surface area contributed by atoms with Gasteiger partial charge < -0.3 is 15.8 Å². The molecule has 0 aliphatic carbocycles. The highest BCUT2D eigenvalue weighted by Crippen LogP contribution is 2.16. The molecule has 0 spiro atoms. The lowest BCUT2D eigenvalue weighted by molar-refractivity contribution is -0.124. The highest BCUT2D eigenvalue weighted by atomic mass is 16.5. The van der Waals surface area contributed by atoms with Crippen LogP contribution in [-0.4, -0.2) is 30.9 Å². The Morgan fingerprint density at radius 3 is 2.79 bits per heavy atom. The molecule has 1 aliphatic rings. The Bertz CT molecular complexity index is 447. The van der Waals surface area contributed by atoms with Crippen LogP contribution in [0.15, 0.2) is 30.3 Å². The maximum atomic E-state index is 11.8. The summed E-state index contributed by atoms with van der Waals surface area (Å²) in [6, 6.07) is 8.47. The highest BCUT2D eigenvalue weighted by molar-refractivity contribution is 5.87. The van der Waals surface area contributed by atoms with Crippen LogP contribution in [-0.2, 0) is 9.59 Å². The maximum absolute atomic E-state index is 11.8. The van der Waals surface area contributed by atoms with Crippen molar-refractivity contribution < 1.29 is 14.3 Å². The van der Waals surface area contributed by atoms with Crippen molar-refractivity contribution in [1.82, 2.24) is 5.32 Å². The monoisotopic (exact) mass is 262 g/mol. The van der Waals surface area contributed by atoms with Crippen molar-refractivity contribution >= 4 is 11.7 Å². The molecule has 5 heteroatoms. The molecular weight excluding hydrogens is 244 g/mol. The number of hydrogen-bond donors (Lipinski definition) is 2. The van der Waals surface area contributed by atoms with E-state index in [1.807, 2.05) is 18.2 Å². The zero-order chi connectivity index (χ0) is 13.7. The number of nitrogens with two attached hydrogens (primary N) is 1. The summed E-state index contributed by atoms with van der Waals surface area (Å²) in [4.78, 5) is 23.2. The van der Waals surface area contributed by atoms with Gasteiger partial charge in [-0.25, -0.2) is 0 Å². The molecule has 0 unspecified atom stereocenters. The molecule has 0 saturated carbocycles. The molecule has 2 atom stereocenters. The zero-order valence-electron chi connectivity index (χ0n) is 10.7. The number of carbonyl (C=O) groups is 2. The van der Waals surface area contributed by atoms with E-state index in [2.05, 4.69) is 5.32 Å². The van der Waals surface area contributed by atoms with Gasteiger partial charge in [-0.2, -0.15) is 0 Å². The van der Waals surface area contributed by atoms with Crippen LogP contribution in [0, 0.1) is 5.92 Å². The minimum Gasteiger partial charge on any atom is -0.486 e. The number of Topliss-reactive ketones (excluding diaryl/α,β-unsaturated/α-hetero) is 1. The Morgan fingerprint density at radius 2 is 2.16 bits per heavy atom. The molecule has 102 valence electrons. The number of ketones is 1. The second kappa shape index (κ2) is 6.33. The van der Waals surface area contributed by atoms with Gasteiger partial charge in [-0.15, -0.1) is 0 Å². The fraction of sp³-hybridized carbons (Fsp3) is 0.429. The smallest absolute Gasteiger partial charge is 0.223 e. The van der Waals surface area contributed by atoms with E-state index in [4.69, 9.17) is 10.5 Å². The number of para-hydroxylation sites is 1. The Balaban J connectivity index is 1.78. The molecule has 0 bridgehead atoms. The molecule has 1 aromatic carbocycles. The molecule has 1 fully saturated rings. The highest BCUT2D eigenvalue weighted by Gasteiger charge is 2.28. The number of amides is 1. The van der Waals surface area contributed by atoms with Crippen molar-refractivity contribution in [2.24, 2.45) is 11.7 Å². The van der Waals surface area contributed by atoms with Gasteiger partial charge in [0.05, 0.1) is 6.04 Å². The topological polar surface area (TPSA) is 81.4 Å². The van der Waals surface area contributed by atoms with E-state index in [9.17, 15) is 9.59 Å². The Morgan fingerprint density at radius 1 is 1.42 bits per heavy atom. The lowest BCUT2D eigenvalue weighted by atomic mass is 9.97. The van der Waals surface area contributed by atoms with Crippen LogP contribution in [0.1, 0.15) is 12.8 Å². The first kappa shape index (κ1) is 13.5. The predicted octanol–water partition coefficient (Wildman–Crippen LogP) is 0.488. The summed E-state index contributed by atoms with van der Waals surface area (Å²) in [6.45, 7) is 0.616. The van der Waals surface area contributed by atoms with Crippen molar-refractivity contribution in [2.45, 2.75) is 18.9 Å². The second-order valence-corrected chi connectivity index (χ2v) is 4.69. The van der Waals surface area contributed by atoms with Crippen molar-refractivity contribution in [3.05, 3.63) is 30.3 Å². The summed E-state index contributed by atoms with van der Waals surface area (Å²) < 4.78 is 5.35. The van der Waals surface area contributed by atoms with Gasteiger partial charge in [0.15, 0.2) is 5.78 Å². The number of hydrogen-bond acceptors (Lipinski definition) is 4. The van der Waals surface area contributed by atoms with Gasteiger partial charge in [0.2, 0.25) is 5.91 Å². The summed E-state index contributed by atoms with van der Waals surface area (Å²) in [5, 5.41) is 2.73. The number of carbonyl (C=O) groups excluding carboxylic acids is 2. The van der Waals surface area contributed by atoms with Crippen molar-refractivity contribution in [3.8, 4) is 5.75 Å². The summed E-state index contributed by atoms with van der Waals surface area (Å²) >= 11 is 0. The zero-order valence-corrected chi connectivity index (χ0v) is 10.7. The van der Waals surface area contributed by atoms with Gasteiger partial charge in [0.25, 0.3) is 0 Å². The molecule has 19 heavy (non-hydrogen) atoms. The first-order chi connectivity index (χ1) is 9.16. The number of rotatable bonds is 6. The molecule has 5 nitrogen and oxygen atoms in total. The van der Waals surface area contributed by atoms with E-state index in [1.54, 1.807) is 12.1 Å². The van der Waals surface area contributed by atoms with Gasteiger partial charge in [0.1, 0.15) is 12.4 Å². The van der Waals surface area contributed by atoms with Crippen LogP contribution < -0.4 is 15.8 Å². The average molecular weight is 262 g/mol. The molecule has 1 heterocycles. The van der Waals surface area contributed by atoms with Crippen LogP contribution in [0.4, 0.5) is 0 Å². The number of benzene rings is 1. The van der Waals surface area contributed by atoms with E-state index in [-0.39, 0.29) is 24.2 Å². The largest absolute Gasteiger partial charge is 0.486 e. The quantitative estimate of drug-likeness (QED) is 0.781. The van der Waals surface area contributed by atoms with Crippen LogP contribution >= 0.6 is 0 Å². The third-order valence-electron chi connectivity index (χ3n) is 3.24. The lowest BCUT2D eigenvalue weighted by Crippen LogP contribution is -2.37. The van der Waals surface area contributed by atoms with Crippen LogP contribution in [0.5, 0.6) is 5.75 Å².